The third kappa shape index (κ3) is 3.50. The summed E-state index contributed by atoms with van der Waals surface area (Å²) in [6.45, 7) is 10.7. The Hall–Kier alpha value is -2.71. The van der Waals surface area contributed by atoms with E-state index in [4.69, 9.17) is 4.74 Å². The van der Waals surface area contributed by atoms with Gasteiger partial charge in [0, 0.05) is 24.8 Å². The summed E-state index contributed by atoms with van der Waals surface area (Å²) < 4.78 is 5.43. The van der Waals surface area contributed by atoms with Gasteiger partial charge in [-0.2, -0.15) is 0 Å². The minimum atomic E-state index is -0.788. The van der Waals surface area contributed by atoms with Crippen molar-refractivity contribution in [1.29, 1.82) is 0 Å². The van der Waals surface area contributed by atoms with Crippen LogP contribution in [0.1, 0.15) is 39.1 Å². The number of ether oxygens (including phenoxy) is 1. The van der Waals surface area contributed by atoms with E-state index < -0.39 is 5.41 Å². The van der Waals surface area contributed by atoms with E-state index in [1.54, 1.807) is 4.90 Å². The number of morpholine rings is 1. The molecule has 0 radical (unpaired) electrons. The molecule has 160 valence electrons. The number of hydrogen-bond acceptors (Lipinski definition) is 7. The largest absolute Gasteiger partial charge is 0.388 e. The van der Waals surface area contributed by atoms with Crippen molar-refractivity contribution in [2.45, 2.75) is 45.8 Å². The molecule has 2 aliphatic rings. The summed E-state index contributed by atoms with van der Waals surface area (Å²) in [7, 11) is 0. The molecule has 4 rings (SSSR count). The summed E-state index contributed by atoms with van der Waals surface area (Å²) in [5.41, 5.74) is 1.83. The van der Waals surface area contributed by atoms with Crippen LogP contribution < -0.4 is 15.1 Å². The number of benzene rings is 1. The SMILES string of the molecule is CC(C)Nc1nc(CO)nc2c1C(C)(C)C(=O)N2c1ccc(N2CCOCC2)cc1. The van der Waals surface area contributed by atoms with Gasteiger partial charge in [-0.3, -0.25) is 9.69 Å². The van der Waals surface area contributed by atoms with Crippen molar-refractivity contribution >= 4 is 28.9 Å². The van der Waals surface area contributed by atoms with Gasteiger partial charge in [0.15, 0.2) is 5.82 Å². The molecular formula is C22H29N5O3. The van der Waals surface area contributed by atoms with Gasteiger partial charge in [-0.15, -0.1) is 0 Å². The molecule has 3 heterocycles. The molecule has 0 spiro atoms. The third-order valence-electron chi connectivity index (χ3n) is 5.56. The van der Waals surface area contributed by atoms with Crippen LogP contribution >= 0.6 is 0 Å². The number of aromatic nitrogens is 2. The van der Waals surface area contributed by atoms with Gasteiger partial charge in [-0.25, -0.2) is 9.97 Å². The van der Waals surface area contributed by atoms with Crippen LogP contribution in [0.3, 0.4) is 0 Å². The molecular weight excluding hydrogens is 382 g/mol. The number of aliphatic hydroxyl groups is 1. The highest BCUT2D eigenvalue weighted by molar-refractivity contribution is 6.12. The van der Waals surface area contributed by atoms with E-state index in [9.17, 15) is 9.90 Å². The van der Waals surface area contributed by atoms with Crippen molar-refractivity contribution in [2.75, 3.05) is 41.4 Å². The first-order valence-corrected chi connectivity index (χ1v) is 10.4. The molecule has 0 aliphatic carbocycles. The van der Waals surface area contributed by atoms with E-state index in [0.717, 1.165) is 43.2 Å². The molecule has 2 aliphatic heterocycles. The average molecular weight is 412 g/mol. The molecule has 8 nitrogen and oxygen atoms in total. The van der Waals surface area contributed by atoms with Crippen molar-refractivity contribution < 1.29 is 14.6 Å². The van der Waals surface area contributed by atoms with Crippen molar-refractivity contribution in [3.05, 3.63) is 35.7 Å². The normalized spacial score (nSPS) is 18.1. The minimum absolute atomic E-state index is 0.0622. The lowest BCUT2D eigenvalue weighted by Crippen LogP contribution is -2.36. The number of carbonyl (C=O) groups excluding carboxylic acids is 1. The minimum Gasteiger partial charge on any atom is -0.388 e. The third-order valence-corrected chi connectivity index (χ3v) is 5.56. The Kier molecular flexibility index (Phi) is 5.38. The van der Waals surface area contributed by atoms with E-state index >= 15 is 0 Å². The molecule has 0 unspecified atom stereocenters. The van der Waals surface area contributed by atoms with Gasteiger partial charge in [0.25, 0.3) is 0 Å². The van der Waals surface area contributed by atoms with E-state index in [-0.39, 0.29) is 24.4 Å². The number of fused-ring (bicyclic) bond motifs is 1. The predicted octanol–water partition coefficient (Wildman–Crippen LogP) is 2.58. The molecule has 1 aromatic heterocycles. The molecule has 0 bridgehead atoms. The summed E-state index contributed by atoms with van der Waals surface area (Å²) in [6, 6.07) is 8.08. The topological polar surface area (TPSA) is 90.8 Å². The van der Waals surface area contributed by atoms with Gasteiger partial charge >= 0.3 is 0 Å². The highest BCUT2D eigenvalue weighted by Crippen LogP contribution is 2.47. The Morgan fingerprint density at radius 1 is 1.13 bits per heavy atom. The maximum absolute atomic E-state index is 13.4. The molecule has 30 heavy (non-hydrogen) atoms. The lowest BCUT2D eigenvalue weighted by Gasteiger charge is -2.29. The standard InChI is InChI=1S/C22H29N5O3/c1-14(2)23-19-18-20(25-17(13-28)24-19)27(21(29)22(18,3)4)16-7-5-15(6-8-16)26-9-11-30-12-10-26/h5-8,14,28H,9-13H2,1-4H3,(H,23,24,25). The van der Waals surface area contributed by atoms with Gasteiger partial charge in [-0.05, 0) is 52.0 Å². The van der Waals surface area contributed by atoms with Crippen molar-refractivity contribution in [1.82, 2.24) is 9.97 Å². The second-order valence-electron chi connectivity index (χ2n) is 8.53. The second kappa shape index (κ2) is 7.85. The first-order valence-electron chi connectivity index (χ1n) is 10.4. The second-order valence-corrected chi connectivity index (χ2v) is 8.53. The number of nitrogens with zero attached hydrogens (tertiary/aromatic N) is 4. The fourth-order valence-corrected chi connectivity index (χ4v) is 4.04. The van der Waals surface area contributed by atoms with Crippen LogP contribution in [-0.4, -0.2) is 53.3 Å². The Balaban J connectivity index is 1.76. The van der Waals surface area contributed by atoms with Gasteiger partial charge < -0.3 is 20.1 Å². The summed E-state index contributed by atoms with van der Waals surface area (Å²) in [6.07, 6.45) is 0. The molecule has 2 aromatic rings. The zero-order valence-electron chi connectivity index (χ0n) is 18.0. The smallest absolute Gasteiger partial charge is 0.243 e. The Morgan fingerprint density at radius 3 is 2.37 bits per heavy atom. The molecule has 8 heteroatoms. The first kappa shape index (κ1) is 20.6. The number of carbonyl (C=O) groups is 1. The van der Waals surface area contributed by atoms with E-state index in [2.05, 4.69) is 20.2 Å². The van der Waals surface area contributed by atoms with Crippen molar-refractivity contribution in [3.63, 3.8) is 0 Å². The lowest BCUT2D eigenvalue weighted by molar-refractivity contribution is -0.121. The van der Waals surface area contributed by atoms with E-state index in [0.29, 0.717) is 11.6 Å². The number of aliphatic hydroxyl groups excluding tert-OH is 1. The summed E-state index contributed by atoms with van der Waals surface area (Å²) in [5.74, 6) is 1.36. The molecule has 1 amide bonds. The molecule has 1 saturated heterocycles. The number of hydrogen-bond donors (Lipinski definition) is 2. The zero-order chi connectivity index (χ0) is 21.5. The fraction of sp³-hybridized carbons (Fsp3) is 0.500. The Labute approximate surface area is 176 Å². The Morgan fingerprint density at radius 2 is 1.77 bits per heavy atom. The van der Waals surface area contributed by atoms with Crippen LogP contribution in [-0.2, 0) is 21.6 Å². The van der Waals surface area contributed by atoms with Gasteiger partial charge in [-0.1, -0.05) is 0 Å². The molecule has 1 fully saturated rings. The monoisotopic (exact) mass is 411 g/mol. The first-order chi connectivity index (χ1) is 14.3. The summed E-state index contributed by atoms with van der Waals surface area (Å²) >= 11 is 0. The number of rotatable bonds is 5. The van der Waals surface area contributed by atoms with Gasteiger partial charge in [0.1, 0.15) is 18.2 Å². The van der Waals surface area contributed by atoms with Crippen LogP contribution in [0, 0.1) is 0 Å². The lowest BCUT2D eigenvalue weighted by atomic mass is 9.87. The Bertz CT molecular complexity index is 937. The maximum atomic E-state index is 13.4. The van der Waals surface area contributed by atoms with Crippen LogP contribution in [0.4, 0.5) is 23.0 Å². The fourth-order valence-electron chi connectivity index (χ4n) is 4.04. The zero-order valence-corrected chi connectivity index (χ0v) is 18.0. The van der Waals surface area contributed by atoms with Gasteiger partial charge in [0.2, 0.25) is 5.91 Å². The molecule has 0 atom stereocenters. The molecule has 2 N–H and O–H groups in total. The van der Waals surface area contributed by atoms with E-state index in [1.165, 1.54) is 0 Å². The number of anilines is 4. The predicted molar refractivity (Wildman–Crippen MR) is 116 cm³/mol. The average Bonchev–Trinajstić information content (AvgIpc) is 2.94. The quantitative estimate of drug-likeness (QED) is 0.781. The summed E-state index contributed by atoms with van der Waals surface area (Å²) in [4.78, 5) is 26.4. The van der Waals surface area contributed by atoms with Crippen LogP contribution in [0.2, 0.25) is 0 Å². The number of amides is 1. The molecule has 1 aromatic carbocycles. The summed E-state index contributed by atoms with van der Waals surface area (Å²) in [5, 5.41) is 13.0. The van der Waals surface area contributed by atoms with E-state index in [1.807, 2.05) is 52.0 Å². The van der Waals surface area contributed by atoms with Crippen molar-refractivity contribution in [2.24, 2.45) is 0 Å². The van der Waals surface area contributed by atoms with Gasteiger partial charge in [0.05, 0.1) is 29.9 Å². The van der Waals surface area contributed by atoms with Crippen LogP contribution in [0.5, 0.6) is 0 Å². The van der Waals surface area contributed by atoms with Crippen LogP contribution in [0.25, 0.3) is 0 Å². The molecule has 0 saturated carbocycles. The number of nitrogens with one attached hydrogen (secondary N) is 1. The highest BCUT2D eigenvalue weighted by atomic mass is 16.5. The van der Waals surface area contributed by atoms with Crippen molar-refractivity contribution in [3.8, 4) is 0 Å². The maximum Gasteiger partial charge on any atom is 0.243 e. The highest BCUT2D eigenvalue weighted by Gasteiger charge is 2.48. The van der Waals surface area contributed by atoms with Crippen LogP contribution in [0.15, 0.2) is 24.3 Å².